The van der Waals surface area contributed by atoms with Crippen LogP contribution in [-0.4, -0.2) is 36.1 Å². The molecule has 0 spiro atoms. The largest absolute Gasteiger partial charge is 0.497 e. The molecule has 0 radical (unpaired) electrons. The highest BCUT2D eigenvalue weighted by atomic mass is 16.5. The number of ether oxygens (including phenoxy) is 1. The van der Waals surface area contributed by atoms with Gasteiger partial charge < -0.3 is 15.0 Å². The third-order valence-corrected chi connectivity index (χ3v) is 4.19. The Bertz CT molecular complexity index is 720. The molecule has 24 heavy (non-hydrogen) atoms. The molecule has 3 rings (SSSR count). The summed E-state index contributed by atoms with van der Waals surface area (Å²) in [5.41, 5.74) is 1.69. The molecule has 1 aromatic carbocycles. The summed E-state index contributed by atoms with van der Waals surface area (Å²) in [5, 5.41) is 2.98. The lowest BCUT2D eigenvalue weighted by Gasteiger charge is -2.32. The van der Waals surface area contributed by atoms with Crippen LogP contribution in [0.1, 0.15) is 18.5 Å². The maximum Gasteiger partial charge on any atom is 0.229 e. The number of carbonyl (C=O) groups excluding carboxylic acids is 1. The number of amides is 1. The van der Waals surface area contributed by atoms with Crippen LogP contribution < -0.4 is 15.0 Å². The summed E-state index contributed by atoms with van der Waals surface area (Å²) in [6.07, 6.45) is 3.59. The van der Waals surface area contributed by atoms with E-state index in [0.717, 1.165) is 36.5 Å². The van der Waals surface area contributed by atoms with Crippen LogP contribution in [0.4, 0.5) is 11.6 Å². The van der Waals surface area contributed by atoms with E-state index in [1.165, 1.54) is 0 Å². The summed E-state index contributed by atoms with van der Waals surface area (Å²) in [4.78, 5) is 23.5. The number of nitrogens with one attached hydrogen (secondary N) is 1. The van der Waals surface area contributed by atoms with E-state index in [-0.39, 0.29) is 11.8 Å². The number of rotatable bonds is 4. The minimum atomic E-state index is -0.0749. The molecular weight excluding hydrogens is 304 g/mol. The zero-order chi connectivity index (χ0) is 16.9. The van der Waals surface area contributed by atoms with E-state index in [0.29, 0.717) is 12.5 Å². The van der Waals surface area contributed by atoms with Crippen molar-refractivity contribution in [3.63, 3.8) is 0 Å². The molecule has 1 saturated heterocycles. The van der Waals surface area contributed by atoms with Crippen LogP contribution in [0.15, 0.2) is 36.5 Å². The molecular formula is C18H22N4O2. The number of methoxy groups -OCH3 is 1. The SMILES string of the molecule is COc1cccc(NC(=O)[C@H]2CCCN(c3nccc(C)n3)C2)c1. The first-order chi connectivity index (χ1) is 11.7. The van der Waals surface area contributed by atoms with Gasteiger partial charge in [0.25, 0.3) is 0 Å². The molecule has 6 nitrogen and oxygen atoms in total. The summed E-state index contributed by atoms with van der Waals surface area (Å²) < 4.78 is 5.19. The van der Waals surface area contributed by atoms with Gasteiger partial charge >= 0.3 is 0 Å². The second kappa shape index (κ2) is 7.29. The molecule has 0 bridgehead atoms. The number of hydrogen-bond donors (Lipinski definition) is 1. The Morgan fingerprint density at radius 3 is 3.04 bits per heavy atom. The Labute approximate surface area is 141 Å². The highest BCUT2D eigenvalue weighted by Gasteiger charge is 2.27. The van der Waals surface area contributed by atoms with Crippen LogP contribution in [0.3, 0.4) is 0 Å². The van der Waals surface area contributed by atoms with E-state index >= 15 is 0 Å². The molecule has 1 aliphatic heterocycles. The van der Waals surface area contributed by atoms with Crippen LogP contribution in [-0.2, 0) is 4.79 Å². The minimum Gasteiger partial charge on any atom is -0.497 e. The van der Waals surface area contributed by atoms with E-state index in [1.54, 1.807) is 13.3 Å². The van der Waals surface area contributed by atoms with Gasteiger partial charge in [-0.25, -0.2) is 9.97 Å². The zero-order valence-electron chi connectivity index (χ0n) is 14.0. The number of hydrogen-bond acceptors (Lipinski definition) is 5. The van der Waals surface area contributed by atoms with Gasteiger partial charge in [-0.05, 0) is 38.0 Å². The van der Waals surface area contributed by atoms with Crippen molar-refractivity contribution in [1.82, 2.24) is 9.97 Å². The van der Waals surface area contributed by atoms with Gasteiger partial charge in [0.05, 0.1) is 13.0 Å². The molecule has 1 fully saturated rings. The second-order valence-corrected chi connectivity index (χ2v) is 6.00. The Kier molecular flexibility index (Phi) is 4.93. The summed E-state index contributed by atoms with van der Waals surface area (Å²) >= 11 is 0. The molecule has 1 atom stereocenters. The monoisotopic (exact) mass is 326 g/mol. The summed E-state index contributed by atoms with van der Waals surface area (Å²) in [5.74, 6) is 1.38. The molecule has 126 valence electrons. The lowest BCUT2D eigenvalue weighted by molar-refractivity contribution is -0.120. The van der Waals surface area contributed by atoms with E-state index in [2.05, 4.69) is 20.2 Å². The Morgan fingerprint density at radius 1 is 1.38 bits per heavy atom. The van der Waals surface area contributed by atoms with Gasteiger partial charge in [-0.15, -0.1) is 0 Å². The molecule has 1 N–H and O–H groups in total. The average Bonchev–Trinajstić information content (AvgIpc) is 2.62. The van der Waals surface area contributed by atoms with Gasteiger partial charge in [-0.2, -0.15) is 0 Å². The van der Waals surface area contributed by atoms with Crippen molar-refractivity contribution < 1.29 is 9.53 Å². The van der Waals surface area contributed by atoms with Crippen LogP contribution in [0.25, 0.3) is 0 Å². The van der Waals surface area contributed by atoms with Crippen LogP contribution in [0, 0.1) is 12.8 Å². The summed E-state index contributed by atoms with van der Waals surface area (Å²) in [6.45, 7) is 3.47. The number of aryl methyl sites for hydroxylation is 1. The minimum absolute atomic E-state index is 0.0283. The zero-order valence-corrected chi connectivity index (χ0v) is 14.0. The number of anilines is 2. The molecule has 2 aromatic rings. The highest BCUT2D eigenvalue weighted by Crippen LogP contribution is 2.23. The number of nitrogens with zero attached hydrogens (tertiary/aromatic N) is 3. The lowest BCUT2D eigenvalue weighted by atomic mass is 9.97. The van der Waals surface area contributed by atoms with Crippen molar-refractivity contribution in [2.45, 2.75) is 19.8 Å². The fourth-order valence-electron chi connectivity index (χ4n) is 2.91. The molecule has 0 aliphatic carbocycles. The fraction of sp³-hybridized carbons (Fsp3) is 0.389. The van der Waals surface area contributed by atoms with Gasteiger partial charge in [-0.3, -0.25) is 4.79 Å². The van der Waals surface area contributed by atoms with E-state index < -0.39 is 0 Å². The molecule has 6 heteroatoms. The summed E-state index contributed by atoms with van der Waals surface area (Å²) in [7, 11) is 1.61. The van der Waals surface area contributed by atoms with Gasteiger partial charge in [-0.1, -0.05) is 6.07 Å². The highest BCUT2D eigenvalue weighted by molar-refractivity contribution is 5.93. The third kappa shape index (κ3) is 3.82. The average molecular weight is 326 g/mol. The molecule has 1 aliphatic rings. The number of aromatic nitrogens is 2. The maximum atomic E-state index is 12.6. The Balaban J connectivity index is 1.66. The van der Waals surface area contributed by atoms with Crippen molar-refractivity contribution in [2.75, 3.05) is 30.4 Å². The molecule has 2 heterocycles. The van der Waals surface area contributed by atoms with E-state index in [9.17, 15) is 4.79 Å². The normalized spacial score (nSPS) is 17.4. The maximum absolute atomic E-state index is 12.6. The molecule has 0 unspecified atom stereocenters. The molecule has 1 amide bonds. The first-order valence-electron chi connectivity index (χ1n) is 8.15. The van der Waals surface area contributed by atoms with Gasteiger partial charge in [0, 0.05) is 36.7 Å². The molecule has 1 aromatic heterocycles. The van der Waals surface area contributed by atoms with Crippen molar-refractivity contribution in [2.24, 2.45) is 5.92 Å². The van der Waals surface area contributed by atoms with E-state index in [4.69, 9.17) is 4.74 Å². The van der Waals surface area contributed by atoms with Crippen molar-refractivity contribution in [3.8, 4) is 5.75 Å². The van der Waals surface area contributed by atoms with E-state index in [1.807, 2.05) is 37.3 Å². The number of carbonyl (C=O) groups is 1. The van der Waals surface area contributed by atoms with Gasteiger partial charge in [0.2, 0.25) is 11.9 Å². The van der Waals surface area contributed by atoms with Gasteiger partial charge in [0.15, 0.2) is 0 Å². The third-order valence-electron chi connectivity index (χ3n) is 4.19. The quantitative estimate of drug-likeness (QED) is 0.935. The lowest BCUT2D eigenvalue weighted by Crippen LogP contribution is -2.41. The van der Waals surface area contributed by atoms with Crippen LogP contribution >= 0.6 is 0 Å². The predicted octanol–water partition coefficient (Wildman–Crippen LogP) is 2.65. The van der Waals surface area contributed by atoms with Crippen LogP contribution in [0.2, 0.25) is 0 Å². The fourth-order valence-corrected chi connectivity index (χ4v) is 2.91. The first kappa shape index (κ1) is 16.2. The van der Waals surface area contributed by atoms with Crippen molar-refractivity contribution in [1.29, 1.82) is 0 Å². The summed E-state index contributed by atoms with van der Waals surface area (Å²) in [6, 6.07) is 9.28. The van der Waals surface area contributed by atoms with Gasteiger partial charge in [0.1, 0.15) is 5.75 Å². The smallest absolute Gasteiger partial charge is 0.229 e. The second-order valence-electron chi connectivity index (χ2n) is 6.00. The molecule has 0 saturated carbocycles. The van der Waals surface area contributed by atoms with Crippen LogP contribution in [0.5, 0.6) is 5.75 Å². The topological polar surface area (TPSA) is 67.3 Å². The van der Waals surface area contributed by atoms with Crippen molar-refractivity contribution >= 4 is 17.5 Å². The predicted molar refractivity (Wildman–Crippen MR) is 93.3 cm³/mol. The Morgan fingerprint density at radius 2 is 2.25 bits per heavy atom. The number of piperidine rings is 1. The number of benzene rings is 1. The standard InChI is InChI=1S/C18H22N4O2/c1-13-8-9-19-18(20-13)22-10-4-5-14(12-22)17(23)21-15-6-3-7-16(11-15)24-2/h3,6-9,11,14H,4-5,10,12H2,1-2H3,(H,21,23)/t14-/m0/s1. The van der Waals surface area contributed by atoms with Crippen molar-refractivity contribution in [3.05, 3.63) is 42.2 Å². The Hall–Kier alpha value is -2.63. The first-order valence-corrected chi connectivity index (χ1v) is 8.15.